The number of hydrogen-bond donors (Lipinski definition) is 5. The third kappa shape index (κ3) is 2.70. The van der Waals surface area contributed by atoms with Crippen molar-refractivity contribution in [3.8, 4) is 0 Å². The first-order valence-corrected chi connectivity index (χ1v) is 9.00. The number of aromatic nitrogens is 1. The first-order valence-electron chi connectivity index (χ1n) is 8.12. The van der Waals surface area contributed by atoms with E-state index in [0.717, 1.165) is 32.4 Å². The zero-order valence-corrected chi connectivity index (χ0v) is 14.3. The second kappa shape index (κ2) is 6.27. The molecule has 8 heteroatoms. The summed E-state index contributed by atoms with van der Waals surface area (Å²) >= 11 is 1.67. The second-order valence-corrected chi connectivity index (χ2v) is 6.92. The van der Waals surface area contributed by atoms with Gasteiger partial charge >= 0.3 is 0 Å². The second-order valence-electron chi connectivity index (χ2n) is 6.01. The van der Waals surface area contributed by atoms with E-state index in [1.807, 2.05) is 23.6 Å². The summed E-state index contributed by atoms with van der Waals surface area (Å²) in [6, 6.07) is 14.6. The van der Waals surface area contributed by atoms with Gasteiger partial charge in [0.25, 0.3) is 0 Å². The number of nitrogens with one attached hydrogen (secondary N) is 5. The SMILES string of the molecule is Fc1cccc(Nc2nc3cc(C4NNNN4)ccc3c3sccc23)c1. The Morgan fingerprint density at radius 3 is 2.73 bits per heavy atom. The Labute approximate surface area is 152 Å². The van der Waals surface area contributed by atoms with Crippen molar-refractivity contribution in [2.24, 2.45) is 0 Å². The van der Waals surface area contributed by atoms with Gasteiger partial charge in [0.2, 0.25) is 0 Å². The van der Waals surface area contributed by atoms with Crippen LogP contribution in [-0.2, 0) is 0 Å². The molecular weight excluding hydrogens is 351 g/mol. The van der Waals surface area contributed by atoms with Gasteiger partial charge in [0.1, 0.15) is 17.8 Å². The zero-order chi connectivity index (χ0) is 17.5. The van der Waals surface area contributed by atoms with Gasteiger partial charge in [0.05, 0.1) is 5.52 Å². The smallest absolute Gasteiger partial charge is 0.139 e. The first-order chi connectivity index (χ1) is 12.8. The van der Waals surface area contributed by atoms with Crippen molar-refractivity contribution >= 4 is 43.8 Å². The fourth-order valence-electron chi connectivity index (χ4n) is 3.12. The van der Waals surface area contributed by atoms with E-state index in [9.17, 15) is 4.39 Å². The van der Waals surface area contributed by atoms with Gasteiger partial charge in [-0.3, -0.25) is 0 Å². The maximum absolute atomic E-state index is 13.5. The van der Waals surface area contributed by atoms with E-state index in [2.05, 4.69) is 39.4 Å². The van der Waals surface area contributed by atoms with E-state index in [4.69, 9.17) is 4.98 Å². The Bertz CT molecular complexity index is 1110. The van der Waals surface area contributed by atoms with Crippen molar-refractivity contribution in [2.75, 3.05) is 5.32 Å². The van der Waals surface area contributed by atoms with Crippen LogP contribution in [0.2, 0.25) is 0 Å². The highest BCUT2D eigenvalue weighted by Crippen LogP contribution is 2.35. The van der Waals surface area contributed by atoms with Crippen molar-refractivity contribution in [2.45, 2.75) is 6.17 Å². The number of hydrogen-bond acceptors (Lipinski definition) is 7. The molecule has 0 atom stereocenters. The predicted octanol–water partition coefficient (Wildman–Crippen LogP) is 3.45. The molecule has 26 heavy (non-hydrogen) atoms. The molecule has 0 unspecified atom stereocenters. The number of hydrazine groups is 3. The van der Waals surface area contributed by atoms with Crippen LogP contribution in [0.25, 0.3) is 21.0 Å². The van der Waals surface area contributed by atoms with E-state index in [1.54, 1.807) is 17.4 Å². The standard InChI is InChI=1S/C18H15FN6S/c19-11-2-1-3-12(9-11)20-18-14-6-7-26-16(14)13-5-4-10(8-15(13)21-18)17-22-24-25-23-17/h1-9,17,22-25H,(H,20,21). The summed E-state index contributed by atoms with van der Waals surface area (Å²) in [4.78, 5) is 4.81. The number of fused-ring (bicyclic) bond motifs is 3. The van der Waals surface area contributed by atoms with Crippen LogP contribution in [0.5, 0.6) is 0 Å². The lowest BCUT2D eigenvalue weighted by Crippen LogP contribution is -2.33. The summed E-state index contributed by atoms with van der Waals surface area (Å²) in [5.41, 5.74) is 14.4. The monoisotopic (exact) mass is 366 g/mol. The molecule has 0 spiro atoms. The molecule has 4 aromatic rings. The molecule has 0 amide bonds. The number of thiophene rings is 1. The number of rotatable bonds is 3. The minimum atomic E-state index is -0.280. The Hall–Kier alpha value is -2.62. The van der Waals surface area contributed by atoms with E-state index in [1.165, 1.54) is 12.1 Å². The molecule has 1 saturated heterocycles. The predicted molar refractivity (Wildman–Crippen MR) is 102 cm³/mol. The lowest BCUT2D eigenvalue weighted by Gasteiger charge is -2.12. The van der Waals surface area contributed by atoms with E-state index in [-0.39, 0.29) is 12.0 Å². The summed E-state index contributed by atoms with van der Waals surface area (Å²) in [6.45, 7) is 0. The summed E-state index contributed by atoms with van der Waals surface area (Å²) in [5.74, 6) is 0.443. The summed E-state index contributed by atoms with van der Waals surface area (Å²) in [6.07, 6.45) is -0.0557. The highest BCUT2D eigenvalue weighted by Gasteiger charge is 2.17. The van der Waals surface area contributed by atoms with Crippen LogP contribution in [0.1, 0.15) is 11.7 Å². The van der Waals surface area contributed by atoms with E-state index in [0.29, 0.717) is 5.69 Å². The maximum Gasteiger partial charge on any atom is 0.139 e. The minimum Gasteiger partial charge on any atom is -0.340 e. The molecule has 1 aliphatic heterocycles. The van der Waals surface area contributed by atoms with Crippen LogP contribution in [0, 0.1) is 5.82 Å². The highest BCUT2D eigenvalue weighted by molar-refractivity contribution is 7.18. The number of halogens is 1. The van der Waals surface area contributed by atoms with E-state index >= 15 is 0 Å². The minimum absolute atomic E-state index is 0.0557. The van der Waals surface area contributed by atoms with Gasteiger partial charge in [0, 0.05) is 21.2 Å². The molecule has 3 heterocycles. The number of pyridine rings is 1. The molecule has 0 bridgehead atoms. The lowest BCUT2D eigenvalue weighted by atomic mass is 10.1. The average molecular weight is 366 g/mol. The molecule has 6 nitrogen and oxygen atoms in total. The van der Waals surface area contributed by atoms with Crippen molar-refractivity contribution in [3.63, 3.8) is 0 Å². The van der Waals surface area contributed by atoms with Crippen LogP contribution in [0.15, 0.2) is 53.9 Å². The van der Waals surface area contributed by atoms with Crippen molar-refractivity contribution in [1.29, 1.82) is 0 Å². The van der Waals surface area contributed by atoms with Crippen LogP contribution < -0.4 is 27.2 Å². The molecule has 130 valence electrons. The average Bonchev–Trinajstić information content (AvgIpc) is 3.33. The fourth-order valence-corrected chi connectivity index (χ4v) is 4.05. The van der Waals surface area contributed by atoms with Gasteiger partial charge in [-0.1, -0.05) is 18.2 Å². The lowest BCUT2D eigenvalue weighted by molar-refractivity contribution is 0.555. The fraction of sp³-hybridized carbons (Fsp3) is 0.0556. The molecule has 0 radical (unpaired) electrons. The van der Waals surface area contributed by atoms with Crippen LogP contribution in [0.3, 0.4) is 0 Å². The van der Waals surface area contributed by atoms with Gasteiger partial charge < -0.3 is 5.32 Å². The van der Waals surface area contributed by atoms with Crippen molar-refractivity contribution < 1.29 is 4.39 Å². The number of nitrogens with zero attached hydrogens (tertiary/aromatic N) is 1. The first kappa shape index (κ1) is 15.6. The highest BCUT2D eigenvalue weighted by atomic mass is 32.1. The summed E-state index contributed by atoms with van der Waals surface area (Å²) < 4.78 is 14.7. The summed E-state index contributed by atoms with van der Waals surface area (Å²) in [5, 5.41) is 7.43. The Morgan fingerprint density at radius 2 is 1.88 bits per heavy atom. The Morgan fingerprint density at radius 1 is 1.00 bits per heavy atom. The molecule has 1 fully saturated rings. The maximum atomic E-state index is 13.5. The van der Waals surface area contributed by atoms with Gasteiger partial charge in [0.15, 0.2) is 0 Å². The molecule has 2 aromatic carbocycles. The van der Waals surface area contributed by atoms with Crippen LogP contribution >= 0.6 is 11.3 Å². The molecule has 0 aliphatic carbocycles. The molecule has 5 N–H and O–H groups in total. The third-order valence-electron chi connectivity index (χ3n) is 4.34. The zero-order valence-electron chi connectivity index (χ0n) is 13.5. The molecule has 2 aromatic heterocycles. The van der Waals surface area contributed by atoms with Crippen LogP contribution in [0.4, 0.5) is 15.9 Å². The molecular formula is C18H15FN6S. The quantitative estimate of drug-likeness (QED) is 0.383. The largest absolute Gasteiger partial charge is 0.340 e. The number of anilines is 2. The normalized spacial score (nSPS) is 15.1. The Balaban J connectivity index is 1.64. The molecule has 5 rings (SSSR count). The van der Waals surface area contributed by atoms with Gasteiger partial charge in [-0.25, -0.2) is 20.2 Å². The van der Waals surface area contributed by atoms with Crippen molar-refractivity contribution in [1.82, 2.24) is 26.9 Å². The summed E-state index contributed by atoms with van der Waals surface area (Å²) in [7, 11) is 0. The van der Waals surface area contributed by atoms with E-state index < -0.39 is 0 Å². The van der Waals surface area contributed by atoms with Gasteiger partial charge in [-0.05, 0) is 41.3 Å². The van der Waals surface area contributed by atoms with Gasteiger partial charge in [-0.15, -0.1) is 11.3 Å². The topological polar surface area (TPSA) is 73.0 Å². The van der Waals surface area contributed by atoms with Crippen LogP contribution in [-0.4, -0.2) is 4.98 Å². The van der Waals surface area contributed by atoms with Crippen molar-refractivity contribution in [3.05, 3.63) is 65.3 Å². The molecule has 1 aliphatic rings. The molecule has 0 saturated carbocycles. The number of benzene rings is 2. The Kier molecular flexibility index (Phi) is 3.77. The third-order valence-corrected chi connectivity index (χ3v) is 5.28. The van der Waals surface area contributed by atoms with Gasteiger partial charge in [-0.2, -0.15) is 11.1 Å².